The first-order chi connectivity index (χ1) is 8.38. The summed E-state index contributed by atoms with van der Waals surface area (Å²) in [5.41, 5.74) is 0. The van der Waals surface area contributed by atoms with Gasteiger partial charge < -0.3 is 5.11 Å². The van der Waals surface area contributed by atoms with E-state index < -0.39 is 21.9 Å². The molecular formula is C10H14N2O4S2. The van der Waals surface area contributed by atoms with Gasteiger partial charge in [-0.1, -0.05) is 0 Å². The molecule has 6 nitrogen and oxygen atoms in total. The Balaban J connectivity index is 2.04. The highest BCUT2D eigenvalue weighted by atomic mass is 32.2. The topological polar surface area (TPSA) is 96.4 Å². The molecule has 0 spiro atoms. The third-order valence-corrected chi connectivity index (χ3v) is 5.86. The van der Waals surface area contributed by atoms with Crippen molar-refractivity contribution >= 4 is 27.3 Å². The Bertz CT molecular complexity index is 552. The van der Waals surface area contributed by atoms with E-state index in [-0.39, 0.29) is 10.3 Å². The molecule has 2 atom stereocenters. The minimum Gasteiger partial charge on any atom is -0.481 e. The molecule has 0 aliphatic heterocycles. The lowest BCUT2D eigenvalue weighted by Gasteiger charge is -2.11. The number of carboxylic acid groups (broad SMARTS) is 1. The number of aliphatic carboxylic acids is 1. The number of carboxylic acids is 1. The van der Waals surface area contributed by atoms with Gasteiger partial charge in [0.1, 0.15) is 0 Å². The summed E-state index contributed by atoms with van der Waals surface area (Å²) in [6, 6.07) is -0.293. The molecule has 0 saturated heterocycles. The number of carbonyl (C=O) groups is 1. The second kappa shape index (κ2) is 4.94. The third-order valence-electron chi connectivity index (χ3n) is 2.97. The minimum absolute atomic E-state index is 0.179. The number of aryl methyl sites for hydroxylation is 1. The molecule has 2 N–H and O–H groups in total. The molecule has 18 heavy (non-hydrogen) atoms. The lowest BCUT2D eigenvalue weighted by atomic mass is 10.1. The molecule has 1 aromatic heterocycles. The van der Waals surface area contributed by atoms with Crippen LogP contribution in [0.4, 0.5) is 0 Å². The average molecular weight is 290 g/mol. The summed E-state index contributed by atoms with van der Waals surface area (Å²) in [7, 11) is -3.56. The fraction of sp³-hybridized carbons (Fsp3) is 0.600. The van der Waals surface area contributed by atoms with Crippen molar-refractivity contribution in [2.45, 2.75) is 36.4 Å². The van der Waals surface area contributed by atoms with Gasteiger partial charge in [0.2, 0.25) is 0 Å². The quantitative estimate of drug-likeness (QED) is 0.861. The van der Waals surface area contributed by atoms with Crippen LogP contribution in [0.1, 0.15) is 24.3 Å². The first-order valence-electron chi connectivity index (χ1n) is 5.56. The van der Waals surface area contributed by atoms with Crippen molar-refractivity contribution in [1.29, 1.82) is 0 Å². The molecule has 2 rings (SSSR count). The summed E-state index contributed by atoms with van der Waals surface area (Å²) in [4.78, 5) is 14.7. The molecule has 1 fully saturated rings. The fourth-order valence-corrected chi connectivity index (χ4v) is 4.46. The van der Waals surface area contributed by atoms with Crippen molar-refractivity contribution in [2.24, 2.45) is 5.92 Å². The summed E-state index contributed by atoms with van der Waals surface area (Å²) in [5, 5.41) is 9.55. The smallest absolute Gasteiger partial charge is 0.306 e. The predicted molar refractivity (Wildman–Crippen MR) is 65.9 cm³/mol. The Morgan fingerprint density at radius 1 is 1.56 bits per heavy atom. The van der Waals surface area contributed by atoms with Gasteiger partial charge in [0.05, 0.1) is 17.1 Å². The van der Waals surface area contributed by atoms with Gasteiger partial charge in [-0.05, 0) is 26.2 Å². The van der Waals surface area contributed by atoms with Crippen LogP contribution < -0.4 is 4.72 Å². The summed E-state index contributed by atoms with van der Waals surface area (Å²) in [6.07, 6.45) is 2.76. The molecule has 0 amide bonds. The highest BCUT2D eigenvalue weighted by Crippen LogP contribution is 2.27. The van der Waals surface area contributed by atoms with Gasteiger partial charge in [-0.15, -0.1) is 11.3 Å². The van der Waals surface area contributed by atoms with E-state index in [2.05, 4.69) is 9.71 Å². The van der Waals surface area contributed by atoms with E-state index in [0.717, 1.165) is 11.3 Å². The van der Waals surface area contributed by atoms with Crippen LogP contribution in [0.3, 0.4) is 0 Å². The van der Waals surface area contributed by atoms with Crippen molar-refractivity contribution in [3.05, 3.63) is 11.2 Å². The average Bonchev–Trinajstić information content (AvgIpc) is 2.86. The van der Waals surface area contributed by atoms with E-state index in [9.17, 15) is 13.2 Å². The van der Waals surface area contributed by atoms with Crippen LogP contribution in [0, 0.1) is 12.8 Å². The van der Waals surface area contributed by atoms with Gasteiger partial charge in [0, 0.05) is 6.04 Å². The van der Waals surface area contributed by atoms with Gasteiger partial charge in [0.25, 0.3) is 10.0 Å². The van der Waals surface area contributed by atoms with Crippen molar-refractivity contribution in [3.63, 3.8) is 0 Å². The minimum atomic E-state index is -3.56. The number of hydrogen-bond donors (Lipinski definition) is 2. The van der Waals surface area contributed by atoms with Gasteiger partial charge >= 0.3 is 5.97 Å². The van der Waals surface area contributed by atoms with E-state index in [1.165, 1.54) is 6.20 Å². The molecule has 1 aliphatic carbocycles. The van der Waals surface area contributed by atoms with Crippen LogP contribution in [0.25, 0.3) is 0 Å². The Morgan fingerprint density at radius 2 is 2.28 bits per heavy atom. The van der Waals surface area contributed by atoms with Crippen molar-refractivity contribution in [1.82, 2.24) is 9.71 Å². The van der Waals surface area contributed by atoms with Crippen LogP contribution in [0.5, 0.6) is 0 Å². The highest BCUT2D eigenvalue weighted by Gasteiger charge is 2.32. The van der Waals surface area contributed by atoms with Crippen molar-refractivity contribution in [2.75, 3.05) is 0 Å². The fourth-order valence-electron chi connectivity index (χ4n) is 2.06. The molecule has 1 aliphatic rings. The van der Waals surface area contributed by atoms with E-state index in [1.54, 1.807) is 6.92 Å². The lowest BCUT2D eigenvalue weighted by Crippen LogP contribution is -2.32. The number of sulfonamides is 1. The van der Waals surface area contributed by atoms with Gasteiger partial charge in [0.15, 0.2) is 4.21 Å². The zero-order chi connectivity index (χ0) is 13.3. The van der Waals surface area contributed by atoms with Gasteiger partial charge in [-0.25, -0.2) is 18.1 Å². The Hall–Kier alpha value is -0.990. The number of rotatable bonds is 4. The lowest BCUT2D eigenvalue weighted by molar-refractivity contribution is -0.141. The highest BCUT2D eigenvalue weighted by molar-refractivity contribution is 7.91. The number of nitrogens with one attached hydrogen (secondary N) is 1. The molecule has 0 bridgehead atoms. The first kappa shape index (κ1) is 13.4. The zero-order valence-electron chi connectivity index (χ0n) is 9.79. The number of thiazole rings is 1. The standard InChI is InChI=1S/C10H14N2O4S2/c1-6-11-5-9(17-6)18(15,16)12-8-3-2-7(4-8)10(13)14/h5,7-8,12H,2-4H2,1H3,(H,13,14)/t7-,8+/m1/s1. The first-order valence-corrected chi connectivity index (χ1v) is 7.86. The van der Waals surface area contributed by atoms with E-state index in [1.807, 2.05) is 0 Å². The van der Waals surface area contributed by atoms with Gasteiger partial charge in [-0.3, -0.25) is 4.79 Å². The maximum atomic E-state index is 12.0. The number of hydrogen-bond acceptors (Lipinski definition) is 5. The second-order valence-electron chi connectivity index (χ2n) is 4.36. The van der Waals surface area contributed by atoms with Crippen molar-refractivity contribution in [3.8, 4) is 0 Å². The molecular weight excluding hydrogens is 276 g/mol. The monoisotopic (exact) mass is 290 g/mol. The summed E-state index contributed by atoms with van der Waals surface area (Å²) >= 11 is 1.11. The van der Waals surface area contributed by atoms with E-state index in [0.29, 0.717) is 24.3 Å². The van der Waals surface area contributed by atoms with Crippen LogP contribution in [0.2, 0.25) is 0 Å². The normalized spacial score (nSPS) is 24.3. The molecule has 0 unspecified atom stereocenters. The number of nitrogens with zero attached hydrogens (tertiary/aromatic N) is 1. The van der Waals surface area contributed by atoms with Crippen molar-refractivity contribution < 1.29 is 18.3 Å². The molecule has 8 heteroatoms. The van der Waals surface area contributed by atoms with Crippen LogP contribution >= 0.6 is 11.3 Å². The predicted octanol–water partition coefficient (Wildman–Crippen LogP) is 0.983. The van der Waals surface area contributed by atoms with E-state index in [4.69, 9.17) is 5.11 Å². The Kier molecular flexibility index (Phi) is 3.69. The van der Waals surface area contributed by atoms with E-state index >= 15 is 0 Å². The maximum absolute atomic E-state index is 12.0. The Morgan fingerprint density at radius 3 is 2.78 bits per heavy atom. The largest absolute Gasteiger partial charge is 0.481 e. The Labute approximate surface area is 109 Å². The molecule has 0 aromatic carbocycles. The molecule has 1 aromatic rings. The molecule has 1 saturated carbocycles. The third kappa shape index (κ3) is 2.88. The summed E-state index contributed by atoms with van der Waals surface area (Å²) in [5.74, 6) is -1.30. The number of aromatic nitrogens is 1. The second-order valence-corrected chi connectivity index (χ2v) is 7.54. The zero-order valence-corrected chi connectivity index (χ0v) is 11.4. The summed E-state index contributed by atoms with van der Waals surface area (Å²) < 4.78 is 26.7. The summed E-state index contributed by atoms with van der Waals surface area (Å²) in [6.45, 7) is 1.74. The molecule has 0 radical (unpaired) electrons. The molecule has 100 valence electrons. The van der Waals surface area contributed by atoms with Crippen LogP contribution in [-0.2, 0) is 14.8 Å². The molecule has 1 heterocycles. The maximum Gasteiger partial charge on any atom is 0.306 e. The van der Waals surface area contributed by atoms with Crippen LogP contribution in [0.15, 0.2) is 10.4 Å². The van der Waals surface area contributed by atoms with Gasteiger partial charge in [-0.2, -0.15) is 0 Å². The SMILES string of the molecule is Cc1ncc(S(=O)(=O)N[C@H]2CC[C@@H](C(=O)O)C2)s1. The van der Waals surface area contributed by atoms with Crippen LogP contribution in [-0.4, -0.2) is 30.5 Å².